The van der Waals surface area contributed by atoms with Gasteiger partial charge in [-0.1, -0.05) is 0 Å². The van der Waals surface area contributed by atoms with Gasteiger partial charge in [0.25, 0.3) is 0 Å². The Morgan fingerprint density at radius 1 is 1.38 bits per heavy atom. The number of nitrogens with one attached hydrogen (secondary N) is 1. The summed E-state index contributed by atoms with van der Waals surface area (Å²) in [5.74, 6) is -0.169. The van der Waals surface area contributed by atoms with Crippen molar-refractivity contribution >= 4 is 5.97 Å². The molecule has 0 unspecified atom stereocenters. The highest BCUT2D eigenvalue weighted by atomic mass is 16.5. The van der Waals surface area contributed by atoms with Gasteiger partial charge in [0.15, 0.2) is 0 Å². The molecule has 0 saturated carbocycles. The van der Waals surface area contributed by atoms with Gasteiger partial charge in [0.1, 0.15) is 0 Å². The van der Waals surface area contributed by atoms with Crippen LogP contribution in [-0.2, 0) is 14.3 Å². The van der Waals surface area contributed by atoms with Crippen molar-refractivity contribution in [1.29, 1.82) is 0 Å². The van der Waals surface area contributed by atoms with Gasteiger partial charge in [0.05, 0.1) is 13.5 Å². The summed E-state index contributed by atoms with van der Waals surface area (Å²) < 4.78 is 9.64. The minimum atomic E-state index is -0.169. The fourth-order valence-corrected chi connectivity index (χ4v) is 0.861. The van der Waals surface area contributed by atoms with Crippen LogP contribution in [0.25, 0.3) is 0 Å². The molecule has 0 radical (unpaired) electrons. The number of hydrogen-bond donors (Lipinski definition) is 1. The van der Waals surface area contributed by atoms with E-state index in [9.17, 15) is 4.79 Å². The molecule has 13 heavy (non-hydrogen) atoms. The molecule has 0 fully saturated rings. The summed E-state index contributed by atoms with van der Waals surface area (Å²) in [5.41, 5.74) is 0. The normalized spacial score (nSPS) is 10.0. The van der Waals surface area contributed by atoms with E-state index < -0.39 is 0 Å². The molecule has 0 spiro atoms. The predicted molar refractivity (Wildman–Crippen MR) is 50.6 cm³/mol. The lowest BCUT2D eigenvalue weighted by Crippen LogP contribution is -2.20. The van der Waals surface area contributed by atoms with Crippen LogP contribution >= 0.6 is 0 Å². The van der Waals surface area contributed by atoms with Crippen molar-refractivity contribution in [2.45, 2.75) is 19.8 Å². The molecule has 0 aliphatic rings. The van der Waals surface area contributed by atoms with Crippen molar-refractivity contribution in [3.63, 3.8) is 0 Å². The number of rotatable bonds is 8. The van der Waals surface area contributed by atoms with Crippen molar-refractivity contribution in [2.24, 2.45) is 0 Å². The lowest BCUT2D eigenvalue weighted by molar-refractivity contribution is -0.140. The Bertz CT molecular complexity index is 128. The summed E-state index contributed by atoms with van der Waals surface area (Å²) in [6, 6.07) is 0. The van der Waals surface area contributed by atoms with Crippen LogP contribution in [0.4, 0.5) is 0 Å². The molecule has 0 saturated heterocycles. The molecular formula is C9H19NO3. The number of hydrogen-bond acceptors (Lipinski definition) is 4. The average molecular weight is 189 g/mol. The largest absolute Gasteiger partial charge is 0.469 e. The second-order valence-electron chi connectivity index (χ2n) is 2.63. The molecule has 0 aromatic carbocycles. The van der Waals surface area contributed by atoms with Crippen LogP contribution in [0, 0.1) is 0 Å². The molecule has 0 heterocycles. The minimum absolute atomic E-state index is 0.169. The highest BCUT2D eigenvalue weighted by molar-refractivity contribution is 5.69. The van der Waals surface area contributed by atoms with Crippen LogP contribution in [0.15, 0.2) is 0 Å². The molecule has 0 aliphatic carbocycles. The van der Waals surface area contributed by atoms with Gasteiger partial charge in [0.2, 0.25) is 0 Å². The first kappa shape index (κ1) is 12.4. The van der Waals surface area contributed by atoms with Crippen LogP contribution < -0.4 is 5.32 Å². The zero-order valence-corrected chi connectivity index (χ0v) is 8.47. The monoisotopic (exact) mass is 189 g/mol. The molecule has 0 amide bonds. The third-order valence-electron chi connectivity index (χ3n) is 1.58. The van der Waals surface area contributed by atoms with Crippen LogP contribution in [0.5, 0.6) is 0 Å². The molecule has 0 bridgehead atoms. The first-order valence-electron chi connectivity index (χ1n) is 4.66. The van der Waals surface area contributed by atoms with E-state index in [1.54, 1.807) is 0 Å². The molecule has 0 aromatic heterocycles. The maximum atomic E-state index is 10.7. The lowest BCUT2D eigenvalue weighted by Gasteiger charge is -2.03. The van der Waals surface area contributed by atoms with E-state index in [-0.39, 0.29) is 5.97 Å². The molecular weight excluding hydrogens is 170 g/mol. The minimum Gasteiger partial charge on any atom is -0.469 e. The first-order chi connectivity index (χ1) is 6.31. The summed E-state index contributed by atoms with van der Waals surface area (Å²) in [6.07, 6.45) is 1.42. The van der Waals surface area contributed by atoms with Gasteiger partial charge < -0.3 is 14.8 Å². The van der Waals surface area contributed by atoms with Crippen LogP contribution in [0.2, 0.25) is 0 Å². The Morgan fingerprint density at radius 2 is 2.15 bits per heavy atom. The molecule has 0 aliphatic heterocycles. The molecule has 78 valence electrons. The average Bonchev–Trinajstić information content (AvgIpc) is 2.16. The maximum absolute atomic E-state index is 10.7. The van der Waals surface area contributed by atoms with Gasteiger partial charge in [-0.05, 0) is 19.9 Å². The summed E-state index contributed by atoms with van der Waals surface area (Å²) in [6.45, 7) is 5.09. The number of methoxy groups -OCH3 is 1. The van der Waals surface area contributed by atoms with Gasteiger partial charge in [-0.15, -0.1) is 0 Å². The number of ether oxygens (including phenoxy) is 2. The van der Waals surface area contributed by atoms with E-state index in [0.29, 0.717) is 13.0 Å². The quantitative estimate of drug-likeness (QED) is 0.448. The predicted octanol–water partition coefficient (Wildman–Crippen LogP) is 0.566. The molecule has 1 N–H and O–H groups in total. The zero-order valence-electron chi connectivity index (χ0n) is 8.47. The summed E-state index contributed by atoms with van der Waals surface area (Å²) in [4.78, 5) is 10.7. The maximum Gasteiger partial charge on any atom is 0.306 e. The number of carbonyl (C=O) groups excluding carboxylic acids is 1. The molecule has 4 nitrogen and oxygen atoms in total. The third kappa shape index (κ3) is 9.30. The lowest BCUT2D eigenvalue weighted by atomic mass is 10.4. The Morgan fingerprint density at radius 3 is 2.77 bits per heavy atom. The SMILES string of the molecule is CCOCCCNCCC(=O)OC. The van der Waals surface area contributed by atoms with E-state index in [0.717, 1.165) is 26.2 Å². The summed E-state index contributed by atoms with van der Waals surface area (Å²) in [7, 11) is 1.40. The van der Waals surface area contributed by atoms with Gasteiger partial charge in [-0.25, -0.2) is 0 Å². The second-order valence-corrected chi connectivity index (χ2v) is 2.63. The van der Waals surface area contributed by atoms with Gasteiger partial charge in [-0.2, -0.15) is 0 Å². The summed E-state index contributed by atoms with van der Waals surface area (Å²) in [5, 5.41) is 3.13. The molecule has 0 rings (SSSR count). The van der Waals surface area contributed by atoms with E-state index in [4.69, 9.17) is 4.74 Å². The molecule has 4 heteroatoms. The Kier molecular flexibility index (Phi) is 9.03. The van der Waals surface area contributed by atoms with Crippen molar-refractivity contribution < 1.29 is 14.3 Å². The fraction of sp³-hybridized carbons (Fsp3) is 0.889. The Labute approximate surface area is 79.6 Å². The highest BCUT2D eigenvalue weighted by Crippen LogP contribution is 1.83. The molecule has 0 aromatic rings. The fourth-order valence-electron chi connectivity index (χ4n) is 0.861. The summed E-state index contributed by atoms with van der Waals surface area (Å²) >= 11 is 0. The third-order valence-corrected chi connectivity index (χ3v) is 1.58. The van der Waals surface area contributed by atoms with E-state index in [2.05, 4.69) is 10.1 Å². The van der Waals surface area contributed by atoms with Gasteiger partial charge in [0, 0.05) is 19.8 Å². The smallest absolute Gasteiger partial charge is 0.306 e. The van der Waals surface area contributed by atoms with Crippen molar-refractivity contribution in [3.05, 3.63) is 0 Å². The van der Waals surface area contributed by atoms with E-state index >= 15 is 0 Å². The topological polar surface area (TPSA) is 47.6 Å². The number of carbonyl (C=O) groups is 1. The van der Waals surface area contributed by atoms with Gasteiger partial charge in [-0.3, -0.25) is 4.79 Å². The number of esters is 1. The molecule has 0 atom stereocenters. The van der Waals surface area contributed by atoms with Crippen LogP contribution in [0.3, 0.4) is 0 Å². The standard InChI is InChI=1S/C9H19NO3/c1-3-13-8-4-6-10-7-5-9(11)12-2/h10H,3-8H2,1-2H3. The van der Waals surface area contributed by atoms with Crippen molar-refractivity contribution in [3.8, 4) is 0 Å². The van der Waals surface area contributed by atoms with Crippen molar-refractivity contribution in [2.75, 3.05) is 33.4 Å². The van der Waals surface area contributed by atoms with Gasteiger partial charge >= 0.3 is 5.97 Å². The second kappa shape index (κ2) is 9.48. The Balaban J connectivity index is 2.95. The first-order valence-corrected chi connectivity index (χ1v) is 4.66. The van der Waals surface area contributed by atoms with Crippen LogP contribution in [-0.4, -0.2) is 39.4 Å². The van der Waals surface area contributed by atoms with Crippen LogP contribution in [0.1, 0.15) is 19.8 Å². The Hall–Kier alpha value is -0.610. The zero-order chi connectivity index (χ0) is 9.94. The van der Waals surface area contributed by atoms with Crippen molar-refractivity contribution in [1.82, 2.24) is 5.32 Å². The highest BCUT2D eigenvalue weighted by Gasteiger charge is 1.97. The van der Waals surface area contributed by atoms with E-state index in [1.165, 1.54) is 7.11 Å². The van der Waals surface area contributed by atoms with E-state index in [1.807, 2.05) is 6.92 Å².